The number of hydrogen-bond donors (Lipinski definition) is 3. The zero-order valence-electron chi connectivity index (χ0n) is 12.0. The van der Waals surface area contributed by atoms with Gasteiger partial charge in [0.2, 0.25) is 5.56 Å². The fraction of sp³-hybridized carbons (Fsp3) is 0.125. The highest BCUT2D eigenvalue weighted by Crippen LogP contribution is 2.10. The van der Waals surface area contributed by atoms with E-state index < -0.39 is 5.97 Å². The van der Waals surface area contributed by atoms with Gasteiger partial charge in [-0.2, -0.15) is 0 Å². The normalized spacial score (nSPS) is 16.1. The molecule has 0 saturated carbocycles. The number of dihydropyridines is 1. The summed E-state index contributed by atoms with van der Waals surface area (Å²) in [6.45, 7) is 2.03. The Hall–Kier alpha value is -3.02. The van der Waals surface area contributed by atoms with Gasteiger partial charge >= 0.3 is 5.97 Å². The highest BCUT2D eigenvalue weighted by atomic mass is 16.5. The number of ether oxygens (including phenoxy) is 1. The minimum Gasteiger partial charge on any atom is -0.506 e. The van der Waals surface area contributed by atoms with Crippen LogP contribution in [0.5, 0.6) is 0 Å². The molecule has 0 aliphatic carbocycles. The van der Waals surface area contributed by atoms with Crippen molar-refractivity contribution in [1.82, 2.24) is 10.3 Å². The van der Waals surface area contributed by atoms with Gasteiger partial charge in [-0.1, -0.05) is 12.1 Å². The van der Waals surface area contributed by atoms with Gasteiger partial charge in [-0.05, 0) is 37.3 Å². The van der Waals surface area contributed by atoms with Gasteiger partial charge in [0.05, 0.1) is 12.3 Å². The molecule has 0 saturated heterocycles. The number of carbonyl (C=O) groups excluding carboxylic acids is 1. The number of pyridine rings is 1. The maximum absolute atomic E-state index is 11.6. The number of H-pyrrole nitrogens is 1. The molecule has 0 amide bonds. The smallest absolute Gasteiger partial charge is 0.354 e. The second-order valence-corrected chi connectivity index (χ2v) is 4.39. The first-order valence-corrected chi connectivity index (χ1v) is 6.73. The summed E-state index contributed by atoms with van der Waals surface area (Å²) in [6.07, 6.45) is 8.05. The van der Waals surface area contributed by atoms with E-state index >= 15 is 0 Å². The Kier molecular flexibility index (Phi) is 4.98. The Morgan fingerprint density at radius 2 is 2.23 bits per heavy atom. The van der Waals surface area contributed by atoms with Crippen LogP contribution >= 0.6 is 0 Å². The summed E-state index contributed by atoms with van der Waals surface area (Å²) in [5.74, 6) is -0.536. The van der Waals surface area contributed by atoms with E-state index in [-0.39, 0.29) is 11.3 Å². The third-order valence-electron chi connectivity index (χ3n) is 2.78. The van der Waals surface area contributed by atoms with E-state index in [1.165, 1.54) is 12.1 Å². The van der Waals surface area contributed by atoms with E-state index in [1.54, 1.807) is 43.4 Å². The molecular formula is C16H16N2O4. The van der Waals surface area contributed by atoms with Gasteiger partial charge in [0.15, 0.2) is 0 Å². The van der Waals surface area contributed by atoms with Crippen LogP contribution < -0.4 is 10.9 Å². The molecule has 6 nitrogen and oxygen atoms in total. The molecule has 0 spiro atoms. The topological polar surface area (TPSA) is 91.4 Å². The molecule has 1 aliphatic heterocycles. The van der Waals surface area contributed by atoms with Gasteiger partial charge in [0.25, 0.3) is 0 Å². The Morgan fingerprint density at radius 1 is 1.41 bits per heavy atom. The van der Waals surface area contributed by atoms with Crippen LogP contribution in [0, 0.1) is 0 Å². The lowest BCUT2D eigenvalue weighted by Gasteiger charge is -2.13. The summed E-state index contributed by atoms with van der Waals surface area (Å²) in [4.78, 5) is 25.3. The minimum atomic E-state index is -0.446. The summed E-state index contributed by atoms with van der Waals surface area (Å²) >= 11 is 0. The fourth-order valence-electron chi connectivity index (χ4n) is 1.77. The van der Waals surface area contributed by atoms with Crippen molar-refractivity contribution in [3.63, 3.8) is 0 Å². The van der Waals surface area contributed by atoms with Crippen molar-refractivity contribution in [3.8, 4) is 0 Å². The second-order valence-electron chi connectivity index (χ2n) is 4.39. The summed E-state index contributed by atoms with van der Waals surface area (Å²) in [5, 5.41) is 12.8. The molecule has 1 aromatic heterocycles. The zero-order chi connectivity index (χ0) is 15.9. The molecule has 1 aliphatic rings. The van der Waals surface area contributed by atoms with E-state index in [0.717, 1.165) is 0 Å². The number of allylic oxidation sites excluding steroid dienone is 5. The molecule has 0 aromatic carbocycles. The van der Waals surface area contributed by atoms with Gasteiger partial charge < -0.3 is 20.1 Å². The Labute approximate surface area is 127 Å². The van der Waals surface area contributed by atoms with Gasteiger partial charge in [0, 0.05) is 11.8 Å². The lowest BCUT2D eigenvalue weighted by molar-refractivity contribution is -0.138. The number of aliphatic hydroxyl groups excluding tert-OH is 1. The number of nitrogens with one attached hydrogen (secondary N) is 2. The predicted molar refractivity (Wildman–Crippen MR) is 82.7 cm³/mol. The molecule has 2 rings (SSSR count). The van der Waals surface area contributed by atoms with Crippen molar-refractivity contribution in [3.05, 3.63) is 76.0 Å². The monoisotopic (exact) mass is 300 g/mol. The summed E-state index contributed by atoms with van der Waals surface area (Å²) in [6, 6.07) is 4.49. The van der Waals surface area contributed by atoms with E-state index in [0.29, 0.717) is 23.7 Å². The third kappa shape index (κ3) is 3.99. The molecule has 22 heavy (non-hydrogen) atoms. The number of hydrogen-bond acceptors (Lipinski definition) is 5. The largest absolute Gasteiger partial charge is 0.506 e. The highest BCUT2D eigenvalue weighted by molar-refractivity contribution is 5.89. The number of rotatable bonds is 4. The first-order valence-electron chi connectivity index (χ1n) is 6.73. The molecule has 0 bridgehead atoms. The molecule has 0 atom stereocenters. The number of esters is 1. The average molecular weight is 300 g/mol. The quantitative estimate of drug-likeness (QED) is 0.582. The first-order chi connectivity index (χ1) is 10.6. The lowest BCUT2D eigenvalue weighted by atomic mass is 10.2. The van der Waals surface area contributed by atoms with Gasteiger partial charge in [0.1, 0.15) is 11.5 Å². The summed E-state index contributed by atoms with van der Waals surface area (Å²) in [7, 11) is 0. The molecule has 2 heterocycles. The van der Waals surface area contributed by atoms with Crippen LogP contribution in [0.25, 0.3) is 5.76 Å². The molecular weight excluding hydrogens is 284 g/mol. The van der Waals surface area contributed by atoms with Crippen molar-refractivity contribution in [2.45, 2.75) is 6.92 Å². The number of aromatic nitrogens is 1. The number of aliphatic hydroxyl groups is 1. The molecule has 3 N–H and O–H groups in total. The van der Waals surface area contributed by atoms with Crippen LogP contribution in [0.15, 0.2) is 64.8 Å². The van der Waals surface area contributed by atoms with Crippen LogP contribution in [0.3, 0.4) is 0 Å². The number of carbonyl (C=O) groups is 1. The van der Waals surface area contributed by atoms with Crippen LogP contribution in [-0.2, 0) is 9.53 Å². The second kappa shape index (κ2) is 7.12. The van der Waals surface area contributed by atoms with Gasteiger partial charge in [-0.15, -0.1) is 0 Å². The Bertz CT molecular complexity index is 739. The van der Waals surface area contributed by atoms with Crippen molar-refractivity contribution >= 4 is 11.7 Å². The standard InChI is InChI=1S/C16H16N2O4/c1-2-22-16(21)13-7-3-5-11(17-13)9-10-14(19)12-6-4-8-15(20)18-12/h3-10,17,19H,2H2,1H3,(H,18,20)/b11-9+,14-10-. The average Bonchev–Trinajstić information content (AvgIpc) is 2.53. The summed E-state index contributed by atoms with van der Waals surface area (Å²) < 4.78 is 4.90. The lowest BCUT2D eigenvalue weighted by Crippen LogP contribution is -2.22. The van der Waals surface area contributed by atoms with Crippen molar-refractivity contribution in [1.29, 1.82) is 0 Å². The number of aromatic amines is 1. The third-order valence-corrected chi connectivity index (χ3v) is 2.78. The van der Waals surface area contributed by atoms with Crippen molar-refractivity contribution in [2.75, 3.05) is 6.61 Å². The minimum absolute atomic E-state index is 0.0902. The summed E-state index contributed by atoms with van der Waals surface area (Å²) in [5.41, 5.74) is 0.936. The van der Waals surface area contributed by atoms with Crippen LogP contribution in [0.1, 0.15) is 12.6 Å². The predicted octanol–water partition coefficient (Wildman–Crippen LogP) is 1.76. The van der Waals surface area contributed by atoms with Gasteiger partial charge in [-0.25, -0.2) is 4.79 Å². The van der Waals surface area contributed by atoms with E-state index in [2.05, 4.69) is 10.3 Å². The fourth-order valence-corrected chi connectivity index (χ4v) is 1.77. The first kappa shape index (κ1) is 15.4. The van der Waals surface area contributed by atoms with Crippen LogP contribution in [-0.4, -0.2) is 22.7 Å². The van der Waals surface area contributed by atoms with E-state index in [9.17, 15) is 14.7 Å². The molecule has 0 fully saturated rings. The van der Waals surface area contributed by atoms with Crippen molar-refractivity contribution < 1.29 is 14.6 Å². The molecule has 6 heteroatoms. The maximum Gasteiger partial charge on any atom is 0.354 e. The SMILES string of the molecule is CCOC(=O)C1=CC=C/C(=C\C=C(/O)c2cccc(=O)[nH]2)N1. The van der Waals surface area contributed by atoms with Crippen LogP contribution in [0.4, 0.5) is 0 Å². The van der Waals surface area contributed by atoms with Gasteiger partial charge in [-0.3, -0.25) is 4.79 Å². The van der Waals surface area contributed by atoms with Crippen LogP contribution in [0.2, 0.25) is 0 Å². The molecule has 0 unspecified atom stereocenters. The highest BCUT2D eigenvalue weighted by Gasteiger charge is 2.12. The Balaban J connectivity index is 2.12. The van der Waals surface area contributed by atoms with E-state index in [1.807, 2.05) is 0 Å². The molecule has 114 valence electrons. The zero-order valence-corrected chi connectivity index (χ0v) is 12.0. The molecule has 0 radical (unpaired) electrons. The maximum atomic E-state index is 11.6. The van der Waals surface area contributed by atoms with Crippen molar-refractivity contribution in [2.24, 2.45) is 0 Å². The van der Waals surface area contributed by atoms with E-state index in [4.69, 9.17) is 4.74 Å². The molecule has 1 aromatic rings. The Morgan fingerprint density at radius 3 is 2.95 bits per heavy atom.